The predicted molar refractivity (Wildman–Crippen MR) is 120 cm³/mol. The van der Waals surface area contributed by atoms with E-state index < -0.39 is 0 Å². The van der Waals surface area contributed by atoms with Gasteiger partial charge in [0.25, 0.3) is 0 Å². The van der Waals surface area contributed by atoms with E-state index in [0.29, 0.717) is 36.0 Å². The molecule has 1 N–H and O–H groups in total. The highest BCUT2D eigenvalue weighted by Crippen LogP contribution is 2.37. The topological polar surface area (TPSA) is 61.9 Å². The van der Waals surface area contributed by atoms with Crippen LogP contribution < -0.4 is 5.32 Å². The van der Waals surface area contributed by atoms with Crippen molar-refractivity contribution in [3.63, 3.8) is 0 Å². The highest BCUT2D eigenvalue weighted by atomic mass is 35.5. The van der Waals surface area contributed by atoms with E-state index >= 15 is 0 Å². The number of nitrogens with zero attached hydrogens (tertiary/aromatic N) is 2. The maximum atomic E-state index is 12.8. The Balaban J connectivity index is 1.03. The fraction of sp³-hybridized carbons (Fsp3) is 0.913. The van der Waals surface area contributed by atoms with Crippen LogP contribution in [-0.4, -0.2) is 77.4 Å². The Hall–Kier alpha value is -0.720. The third-order valence-electron chi connectivity index (χ3n) is 8.35. The standard InChI is InChI=1S/C23H35Cl2N3O3/c24-18-5-14(6-19(25)8-18)2-4-22(29)28-12-16-10-27(11-17(16)13-28)9-15-1-3-20-21(7-15)31-23(30)26-20/h14-21H,1-13H2,(H,26,30). The summed E-state index contributed by atoms with van der Waals surface area (Å²) in [5.41, 5.74) is 0. The number of alkyl halides is 2. The number of carbonyl (C=O) groups is 2. The van der Waals surface area contributed by atoms with Crippen molar-refractivity contribution >= 4 is 35.2 Å². The summed E-state index contributed by atoms with van der Waals surface area (Å²) < 4.78 is 5.43. The zero-order chi connectivity index (χ0) is 21.5. The first-order valence-corrected chi connectivity index (χ1v) is 13.1. The third kappa shape index (κ3) is 5.11. The van der Waals surface area contributed by atoms with Gasteiger partial charge in [0.1, 0.15) is 6.10 Å². The molecule has 2 saturated carbocycles. The average molecular weight is 472 g/mol. The van der Waals surface area contributed by atoms with Crippen molar-refractivity contribution in [2.75, 3.05) is 32.7 Å². The Bertz CT molecular complexity index is 671. The van der Waals surface area contributed by atoms with E-state index in [9.17, 15) is 9.59 Å². The first-order valence-electron chi connectivity index (χ1n) is 12.2. The van der Waals surface area contributed by atoms with Crippen LogP contribution in [0, 0.1) is 23.7 Å². The second-order valence-corrected chi connectivity index (χ2v) is 12.0. The molecular weight excluding hydrogens is 437 g/mol. The van der Waals surface area contributed by atoms with Gasteiger partial charge in [-0.2, -0.15) is 0 Å². The molecule has 3 heterocycles. The van der Waals surface area contributed by atoms with Crippen LogP contribution in [0.4, 0.5) is 4.79 Å². The number of alkyl carbamates (subject to hydrolysis) is 1. The molecule has 2 aliphatic carbocycles. The van der Waals surface area contributed by atoms with Crippen LogP contribution in [0.2, 0.25) is 0 Å². The van der Waals surface area contributed by atoms with Crippen molar-refractivity contribution in [2.45, 2.75) is 74.3 Å². The zero-order valence-corrected chi connectivity index (χ0v) is 19.7. The van der Waals surface area contributed by atoms with E-state index in [4.69, 9.17) is 27.9 Å². The summed E-state index contributed by atoms with van der Waals surface area (Å²) in [5.74, 6) is 2.64. The smallest absolute Gasteiger partial charge is 0.407 e. The molecule has 174 valence electrons. The quantitative estimate of drug-likeness (QED) is 0.623. The summed E-state index contributed by atoms with van der Waals surface area (Å²) in [7, 11) is 0. The highest BCUT2D eigenvalue weighted by molar-refractivity contribution is 6.23. The number of fused-ring (bicyclic) bond motifs is 2. The van der Waals surface area contributed by atoms with Crippen LogP contribution in [0.15, 0.2) is 0 Å². The molecule has 0 aromatic rings. The molecule has 0 aromatic carbocycles. The van der Waals surface area contributed by atoms with Crippen molar-refractivity contribution in [3.05, 3.63) is 0 Å². The highest BCUT2D eigenvalue weighted by Gasteiger charge is 2.44. The van der Waals surface area contributed by atoms with Crippen LogP contribution >= 0.6 is 23.2 Å². The van der Waals surface area contributed by atoms with Gasteiger partial charge in [0.15, 0.2) is 0 Å². The largest absolute Gasteiger partial charge is 0.444 e. The predicted octanol–water partition coefficient (Wildman–Crippen LogP) is 3.45. The maximum absolute atomic E-state index is 12.8. The van der Waals surface area contributed by atoms with Gasteiger partial charge in [-0.25, -0.2) is 4.79 Å². The molecule has 0 bridgehead atoms. The minimum Gasteiger partial charge on any atom is -0.444 e. The van der Waals surface area contributed by atoms with Crippen LogP contribution in [0.1, 0.15) is 51.4 Å². The van der Waals surface area contributed by atoms with Gasteiger partial charge >= 0.3 is 6.09 Å². The van der Waals surface area contributed by atoms with E-state index in [2.05, 4.69) is 15.1 Å². The Kier molecular flexibility index (Phi) is 6.60. The van der Waals surface area contributed by atoms with E-state index in [1.165, 1.54) is 0 Å². The van der Waals surface area contributed by atoms with Crippen LogP contribution in [-0.2, 0) is 9.53 Å². The number of likely N-dealkylation sites (tertiary alicyclic amines) is 2. The minimum atomic E-state index is -0.246. The molecule has 7 atom stereocenters. The van der Waals surface area contributed by atoms with Gasteiger partial charge < -0.3 is 19.9 Å². The van der Waals surface area contributed by atoms with E-state index in [0.717, 1.165) is 77.7 Å². The number of carbonyl (C=O) groups excluding carboxylic acids is 2. The summed E-state index contributed by atoms with van der Waals surface area (Å²) in [5, 5.41) is 3.26. The molecule has 3 aliphatic heterocycles. The van der Waals surface area contributed by atoms with E-state index in [1.54, 1.807) is 0 Å². The van der Waals surface area contributed by atoms with Gasteiger partial charge in [-0.15, -0.1) is 23.2 Å². The van der Waals surface area contributed by atoms with Gasteiger partial charge in [0.05, 0.1) is 6.04 Å². The molecule has 31 heavy (non-hydrogen) atoms. The maximum Gasteiger partial charge on any atom is 0.407 e. The van der Waals surface area contributed by atoms with Gasteiger partial charge in [-0.05, 0) is 68.6 Å². The van der Waals surface area contributed by atoms with Crippen molar-refractivity contribution in [1.29, 1.82) is 0 Å². The SMILES string of the molecule is O=C1NC2CCC(CN3CC4CN(C(=O)CCC5CC(Cl)CC(Cl)C5)CC4C3)CC2O1. The number of halogens is 2. The number of amides is 2. The molecule has 3 saturated heterocycles. The molecule has 6 nitrogen and oxygen atoms in total. The molecular formula is C23H35Cl2N3O3. The number of ether oxygens (including phenoxy) is 1. The lowest BCUT2D eigenvalue weighted by atomic mass is 9.84. The number of hydrogen-bond donors (Lipinski definition) is 1. The lowest BCUT2D eigenvalue weighted by Gasteiger charge is -2.32. The number of hydrogen-bond acceptors (Lipinski definition) is 4. The van der Waals surface area contributed by atoms with Crippen LogP contribution in [0.25, 0.3) is 0 Å². The molecule has 8 heteroatoms. The molecule has 2 amide bonds. The zero-order valence-electron chi connectivity index (χ0n) is 18.2. The molecule has 0 spiro atoms. The lowest BCUT2D eigenvalue weighted by molar-refractivity contribution is -0.130. The Morgan fingerprint density at radius 2 is 1.68 bits per heavy atom. The second kappa shape index (κ2) is 9.26. The van der Waals surface area contributed by atoms with Crippen LogP contribution in [0.5, 0.6) is 0 Å². The molecule has 5 fully saturated rings. The first-order chi connectivity index (χ1) is 14.9. The molecule has 5 rings (SSSR count). The number of rotatable bonds is 5. The Morgan fingerprint density at radius 3 is 2.39 bits per heavy atom. The first kappa shape index (κ1) is 22.1. The molecule has 7 unspecified atom stereocenters. The van der Waals surface area contributed by atoms with Crippen LogP contribution in [0.3, 0.4) is 0 Å². The van der Waals surface area contributed by atoms with Crippen molar-refractivity contribution in [1.82, 2.24) is 15.1 Å². The number of nitrogens with one attached hydrogen (secondary N) is 1. The fourth-order valence-corrected chi connectivity index (χ4v) is 7.84. The van der Waals surface area contributed by atoms with E-state index in [1.807, 2.05) is 0 Å². The fourth-order valence-electron chi connectivity index (χ4n) is 6.81. The van der Waals surface area contributed by atoms with Crippen molar-refractivity contribution in [2.24, 2.45) is 23.7 Å². The van der Waals surface area contributed by atoms with Gasteiger partial charge in [-0.1, -0.05) is 0 Å². The summed E-state index contributed by atoms with van der Waals surface area (Å²) in [6.45, 7) is 5.13. The van der Waals surface area contributed by atoms with Gasteiger partial charge in [-0.3, -0.25) is 4.79 Å². The summed E-state index contributed by atoms with van der Waals surface area (Å²) in [6.07, 6.45) is 7.43. The Labute approximate surface area is 195 Å². The monoisotopic (exact) mass is 471 g/mol. The normalized spacial score (nSPS) is 42.8. The summed E-state index contributed by atoms with van der Waals surface area (Å²) in [4.78, 5) is 29.0. The van der Waals surface area contributed by atoms with Gasteiger partial charge in [0.2, 0.25) is 5.91 Å². The molecule has 5 aliphatic rings. The Morgan fingerprint density at radius 1 is 0.968 bits per heavy atom. The minimum absolute atomic E-state index is 0.0637. The third-order valence-corrected chi connectivity index (χ3v) is 9.06. The lowest BCUT2D eigenvalue weighted by Crippen LogP contribution is -2.41. The molecule has 0 aromatic heterocycles. The van der Waals surface area contributed by atoms with Crippen molar-refractivity contribution < 1.29 is 14.3 Å². The summed E-state index contributed by atoms with van der Waals surface area (Å²) in [6, 6.07) is 0.223. The van der Waals surface area contributed by atoms with E-state index in [-0.39, 0.29) is 29.0 Å². The summed E-state index contributed by atoms with van der Waals surface area (Å²) >= 11 is 12.6. The second-order valence-electron chi connectivity index (χ2n) is 10.7. The molecule has 0 radical (unpaired) electrons. The average Bonchev–Trinajstić information content (AvgIpc) is 3.37. The van der Waals surface area contributed by atoms with Gasteiger partial charge in [0, 0.05) is 49.9 Å². The van der Waals surface area contributed by atoms with Crippen molar-refractivity contribution in [3.8, 4) is 0 Å².